The number of Topliss-reactive ketones (excluding diaryl/α,β-unsaturated/α-hetero) is 1. The van der Waals surface area contributed by atoms with Crippen LogP contribution < -0.4 is 0 Å². The topological polar surface area (TPSA) is 22.0 Å². The third-order valence-electron chi connectivity index (χ3n) is 4.81. The maximum Gasteiger partial charge on any atom is 0.191 e. The molecular weight excluding hydrogens is 465 g/mol. The van der Waals surface area contributed by atoms with Crippen LogP contribution in [0.15, 0.2) is 41.3 Å². The summed E-state index contributed by atoms with van der Waals surface area (Å²) in [4.78, 5) is 16.6. The second-order valence-electron chi connectivity index (χ2n) is 6.41. The van der Waals surface area contributed by atoms with Crippen molar-refractivity contribution in [3.8, 4) is 0 Å². The molecule has 2 heterocycles. The number of halogens is 1. The average molecular weight is 493 g/mol. The van der Waals surface area contributed by atoms with Crippen LogP contribution in [0.25, 0.3) is 17.0 Å². The summed E-state index contributed by atoms with van der Waals surface area (Å²) in [6.45, 7) is 9.35. The third-order valence-corrected chi connectivity index (χ3v) is 5.67. The van der Waals surface area contributed by atoms with Crippen molar-refractivity contribution in [2.45, 2.75) is 47.1 Å². The van der Waals surface area contributed by atoms with E-state index in [1.165, 1.54) is 4.88 Å². The first kappa shape index (κ1) is 21.9. The highest BCUT2D eigenvalue weighted by Gasteiger charge is 2.21. The Balaban J connectivity index is 0.00000126. The first-order valence-electron chi connectivity index (χ1n) is 9.33. The Bertz CT molecular complexity index is 949. The molecule has 0 unspecified atom stereocenters. The number of fused-ring (bicyclic) bond motifs is 1. The largest absolute Gasteiger partial charge is 0.344 e. The van der Waals surface area contributed by atoms with Crippen LogP contribution in [0.4, 0.5) is 0 Å². The van der Waals surface area contributed by atoms with Crippen molar-refractivity contribution in [3.63, 3.8) is 0 Å². The van der Waals surface area contributed by atoms with Crippen LogP contribution in [0.2, 0.25) is 0 Å². The molecule has 0 aliphatic rings. The van der Waals surface area contributed by atoms with Crippen LogP contribution in [0.1, 0.15) is 53.2 Å². The van der Waals surface area contributed by atoms with Crippen molar-refractivity contribution >= 4 is 56.7 Å². The van der Waals surface area contributed by atoms with Gasteiger partial charge in [-0.25, -0.2) is 0 Å². The lowest BCUT2D eigenvalue weighted by Crippen LogP contribution is -2.06. The highest BCUT2D eigenvalue weighted by Crippen LogP contribution is 2.30. The number of benzene rings is 1. The summed E-state index contributed by atoms with van der Waals surface area (Å²) in [5.74, 6) is 0.164. The maximum atomic E-state index is 13.4. The van der Waals surface area contributed by atoms with Crippen molar-refractivity contribution in [2.24, 2.45) is 0 Å². The molecule has 0 aliphatic carbocycles. The highest BCUT2D eigenvalue weighted by molar-refractivity contribution is 14.1. The Morgan fingerprint density at radius 2 is 1.85 bits per heavy atom. The molecule has 2 aromatic heterocycles. The van der Waals surface area contributed by atoms with Gasteiger partial charge in [0.25, 0.3) is 0 Å². The molecule has 2 nitrogen and oxygen atoms in total. The lowest BCUT2D eigenvalue weighted by molar-refractivity contribution is 0.103. The fourth-order valence-electron chi connectivity index (χ4n) is 3.45. The zero-order valence-corrected chi connectivity index (χ0v) is 19.8. The van der Waals surface area contributed by atoms with Gasteiger partial charge in [0.15, 0.2) is 5.78 Å². The molecule has 0 N–H and O–H groups in total. The Labute approximate surface area is 180 Å². The van der Waals surface area contributed by atoms with E-state index in [-0.39, 0.29) is 5.78 Å². The van der Waals surface area contributed by atoms with Crippen LogP contribution in [-0.2, 0) is 6.54 Å². The standard InChI is InChI=1S/C22H25NOS.CH3I/c1-5-12-23-15(3)21(19-9-7-8-10-20(19)23)22(24)17(6-2)14-18-11-13-25-16(18)4;1-2/h7-11,13-14H,5-6,12H2,1-4H3;1H3/b17-14+;. The molecule has 3 rings (SSSR count). The van der Waals surface area contributed by atoms with Crippen LogP contribution in [0.3, 0.4) is 0 Å². The number of carbonyl (C=O) groups excluding carboxylic acids is 1. The first-order chi connectivity index (χ1) is 13.1. The molecule has 0 radical (unpaired) electrons. The first-order valence-corrected chi connectivity index (χ1v) is 12.4. The van der Waals surface area contributed by atoms with Gasteiger partial charge < -0.3 is 4.57 Å². The number of hydrogen-bond acceptors (Lipinski definition) is 2. The molecule has 27 heavy (non-hydrogen) atoms. The molecule has 0 aliphatic heterocycles. The molecule has 3 aromatic rings. The minimum Gasteiger partial charge on any atom is -0.344 e. The lowest BCUT2D eigenvalue weighted by atomic mass is 9.97. The number of rotatable bonds is 6. The third kappa shape index (κ3) is 4.54. The number of hydrogen-bond donors (Lipinski definition) is 0. The summed E-state index contributed by atoms with van der Waals surface area (Å²) in [5.41, 5.74) is 5.14. The van der Waals surface area contributed by atoms with Crippen LogP contribution in [-0.4, -0.2) is 15.3 Å². The summed E-state index contributed by atoms with van der Waals surface area (Å²) in [7, 11) is 0. The van der Waals surface area contributed by atoms with Gasteiger partial charge in [-0.2, -0.15) is 0 Å². The summed E-state index contributed by atoms with van der Waals surface area (Å²) in [5, 5.41) is 3.15. The predicted molar refractivity (Wildman–Crippen MR) is 129 cm³/mol. The minimum absolute atomic E-state index is 0.164. The zero-order valence-electron chi connectivity index (χ0n) is 16.8. The maximum absolute atomic E-state index is 13.4. The average Bonchev–Trinajstić information content (AvgIpc) is 3.22. The normalized spacial score (nSPS) is 11.4. The highest BCUT2D eigenvalue weighted by atomic mass is 127. The number of alkyl halides is 1. The molecule has 0 spiro atoms. The Morgan fingerprint density at radius 1 is 1.15 bits per heavy atom. The molecule has 0 atom stereocenters. The Kier molecular flexibility index (Phi) is 8.29. The Morgan fingerprint density at radius 3 is 2.44 bits per heavy atom. The van der Waals surface area contributed by atoms with Gasteiger partial charge in [0, 0.05) is 33.6 Å². The SMILES string of the molecule is CCCn1c(C)c(C(=O)/C(=C/c2ccsc2C)CC)c2ccccc21.CI. The van der Waals surface area contributed by atoms with Crippen LogP contribution in [0, 0.1) is 13.8 Å². The lowest BCUT2D eigenvalue weighted by Gasteiger charge is -2.08. The van der Waals surface area contributed by atoms with Crippen LogP contribution >= 0.6 is 33.9 Å². The second-order valence-corrected chi connectivity index (χ2v) is 7.53. The van der Waals surface area contributed by atoms with Gasteiger partial charge in [0.1, 0.15) is 0 Å². The minimum atomic E-state index is 0.164. The van der Waals surface area contributed by atoms with Crippen molar-refractivity contribution in [3.05, 3.63) is 63.0 Å². The van der Waals surface area contributed by atoms with E-state index in [1.54, 1.807) is 11.3 Å². The number of nitrogens with zero attached hydrogens (tertiary/aromatic N) is 1. The van der Waals surface area contributed by atoms with Crippen molar-refractivity contribution in [2.75, 3.05) is 4.93 Å². The Hall–Kier alpha value is -1.40. The molecule has 0 saturated carbocycles. The number of aryl methyl sites for hydroxylation is 2. The molecule has 144 valence electrons. The van der Waals surface area contributed by atoms with E-state index in [0.717, 1.165) is 52.7 Å². The van der Waals surface area contributed by atoms with E-state index in [0.29, 0.717) is 0 Å². The number of allylic oxidation sites excluding steroid dienone is 1. The van der Waals surface area contributed by atoms with E-state index in [4.69, 9.17) is 0 Å². The summed E-state index contributed by atoms with van der Waals surface area (Å²) in [6.07, 6.45) is 3.86. The summed E-state index contributed by atoms with van der Waals surface area (Å²) in [6, 6.07) is 10.4. The van der Waals surface area contributed by atoms with Crippen LogP contribution in [0.5, 0.6) is 0 Å². The number of aromatic nitrogens is 1. The number of carbonyl (C=O) groups is 1. The summed E-state index contributed by atoms with van der Waals surface area (Å²) < 4.78 is 2.28. The fraction of sp³-hybridized carbons (Fsp3) is 0.348. The van der Waals surface area contributed by atoms with E-state index in [2.05, 4.69) is 84.5 Å². The second kappa shape index (κ2) is 10.2. The van der Waals surface area contributed by atoms with Gasteiger partial charge in [-0.15, -0.1) is 11.3 Å². The van der Waals surface area contributed by atoms with Gasteiger partial charge in [0.2, 0.25) is 0 Å². The monoisotopic (exact) mass is 493 g/mol. The molecule has 1 aromatic carbocycles. The molecule has 4 heteroatoms. The smallest absolute Gasteiger partial charge is 0.191 e. The number of para-hydroxylation sites is 1. The number of thiophene rings is 1. The van der Waals surface area contributed by atoms with Crippen molar-refractivity contribution in [1.29, 1.82) is 0 Å². The van der Waals surface area contributed by atoms with Gasteiger partial charge in [-0.05, 0) is 60.8 Å². The molecule has 0 fully saturated rings. The van der Waals surface area contributed by atoms with E-state index < -0.39 is 0 Å². The van der Waals surface area contributed by atoms with Crippen molar-refractivity contribution in [1.82, 2.24) is 4.57 Å². The zero-order chi connectivity index (χ0) is 20.0. The predicted octanol–water partition coefficient (Wildman–Crippen LogP) is 7.46. The van der Waals surface area contributed by atoms with E-state index in [9.17, 15) is 4.79 Å². The van der Waals surface area contributed by atoms with Gasteiger partial charge in [0.05, 0.1) is 5.56 Å². The number of ketones is 1. The fourth-order valence-corrected chi connectivity index (χ4v) is 4.13. The van der Waals surface area contributed by atoms with Gasteiger partial charge in [-0.1, -0.05) is 54.6 Å². The van der Waals surface area contributed by atoms with E-state index >= 15 is 0 Å². The van der Waals surface area contributed by atoms with Crippen molar-refractivity contribution < 1.29 is 4.79 Å². The molecule has 0 amide bonds. The molecule has 0 saturated heterocycles. The van der Waals surface area contributed by atoms with Gasteiger partial charge >= 0.3 is 0 Å². The molecule has 0 bridgehead atoms. The quantitative estimate of drug-likeness (QED) is 0.151. The molecular formula is C23H28INOS. The van der Waals surface area contributed by atoms with E-state index in [1.807, 2.05) is 17.1 Å². The van der Waals surface area contributed by atoms with Gasteiger partial charge in [-0.3, -0.25) is 4.79 Å². The summed E-state index contributed by atoms with van der Waals surface area (Å²) >= 11 is 3.87.